The molecule has 0 radical (unpaired) electrons. The minimum absolute atomic E-state index is 0.128. The number of hydrogen-bond donors (Lipinski definition) is 1. The van der Waals surface area contributed by atoms with Crippen molar-refractivity contribution in [2.24, 2.45) is 5.41 Å². The van der Waals surface area contributed by atoms with Crippen LogP contribution >= 0.6 is 11.8 Å². The van der Waals surface area contributed by atoms with E-state index in [-0.39, 0.29) is 5.91 Å². The third-order valence-electron chi connectivity index (χ3n) is 3.23. The van der Waals surface area contributed by atoms with Gasteiger partial charge in [0, 0.05) is 25.0 Å². The molecule has 1 fully saturated rings. The van der Waals surface area contributed by atoms with E-state index in [1.807, 2.05) is 0 Å². The monoisotopic (exact) mass is 256 g/mol. The number of nitrogens with zero attached hydrogens (tertiary/aromatic N) is 1. The van der Waals surface area contributed by atoms with Crippen molar-refractivity contribution in [3.05, 3.63) is 0 Å². The van der Waals surface area contributed by atoms with Crippen LogP contribution in [0, 0.1) is 16.7 Å². The highest BCUT2D eigenvalue weighted by Crippen LogP contribution is 2.29. The fourth-order valence-corrected chi connectivity index (χ4v) is 2.14. The third-order valence-corrected chi connectivity index (χ3v) is 4.27. The summed E-state index contributed by atoms with van der Waals surface area (Å²) < 4.78 is 5.20. The molecule has 0 saturated carbocycles. The maximum absolute atomic E-state index is 12.0. The average molecular weight is 256 g/mol. The molecule has 1 heterocycles. The molecule has 1 saturated heterocycles. The van der Waals surface area contributed by atoms with Gasteiger partial charge in [0.05, 0.1) is 6.07 Å². The molecule has 0 aliphatic carbocycles. The SMILES string of the molecule is CSC(C)CCNC(=O)C1(C#N)CCOCC1. The fraction of sp³-hybridized carbons (Fsp3) is 0.833. The molecule has 0 aromatic heterocycles. The summed E-state index contributed by atoms with van der Waals surface area (Å²) in [5.74, 6) is -0.128. The fourth-order valence-electron chi connectivity index (χ4n) is 1.79. The zero-order valence-electron chi connectivity index (χ0n) is 10.5. The molecule has 1 atom stereocenters. The predicted molar refractivity (Wildman–Crippen MR) is 68.7 cm³/mol. The van der Waals surface area contributed by atoms with E-state index in [4.69, 9.17) is 4.74 Å². The van der Waals surface area contributed by atoms with Crippen LogP contribution in [-0.2, 0) is 9.53 Å². The van der Waals surface area contributed by atoms with Gasteiger partial charge in [-0.25, -0.2) is 0 Å². The Morgan fingerprint density at radius 2 is 2.24 bits per heavy atom. The number of hydrogen-bond acceptors (Lipinski definition) is 4. The molecule has 0 bridgehead atoms. The predicted octanol–water partition coefficient (Wildman–Crippen LogP) is 1.56. The van der Waals surface area contributed by atoms with E-state index in [9.17, 15) is 10.1 Å². The molecule has 1 aliphatic heterocycles. The van der Waals surface area contributed by atoms with Gasteiger partial charge in [-0.3, -0.25) is 4.79 Å². The summed E-state index contributed by atoms with van der Waals surface area (Å²) in [5, 5.41) is 12.6. The zero-order chi connectivity index (χ0) is 12.7. The summed E-state index contributed by atoms with van der Waals surface area (Å²) in [7, 11) is 0. The van der Waals surface area contributed by atoms with E-state index < -0.39 is 5.41 Å². The highest BCUT2D eigenvalue weighted by Gasteiger charge is 2.40. The van der Waals surface area contributed by atoms with E-state index in [1.165, 1.54) is 0 Å². The van der Waals surface area contributed by atoms with Gasteiger partial charge in [-0.15, -0.1) is 0 Å². The van der Waals surface area contributed by atoms with Crippen LogP contribution in [-0.4, -0.2) is 37.2 Å². The van der Waals surface area contributed by atoms with Crippen LogP contribution < -0.4 is 5.32 Å². The van der Waals surface area contributed by atoms with Crippen LogP contribution in [0.25, 0.3) is 0 Å². The first-order valence-corrected chi connectivity index (χ1v) is 7.23. The van der Waals surface area contributed by atoms with Crippen LogP contribution in [0.4, 0.5) is 0 Å². The quantitative estimate of drug-likeness (QED) is 0.811. The Labute approximate surface area is 107 Å². The number of nitriles is 1. The molecule has 5 heteroatoms. The second-order valence-corrected chi connectivity index (χ2v) is 5.67. The van der Waals surface area contributed by atoms with Gasteiger partial charge in [-0.1, -0.05) is 6.92 Å². The molecule has 0 spiro atoms. The standard InChI is InChI=1S/C12H20N2O2S/c1-10(17-2)3-6-14-11(15)12(9-13)4-7-16-8-5-12/h10H,3-8H2,1-2H3,(H,14,15). The Morgan fingerprint density at radius 3 is 2.76 bits per heavy atom. The van der Waals surface area contributed by atoms with Crippen molar-refractivity contribution in [3.8, 4) is 6.07 Å². The topological polar surface area (TPSA) is 62.1 Å². The highest BCUT2D eigenvalue weighted by atomic mass is 32.2. The van der Waals surface area contributed by atoms with Gasteiger partial charge in [-0.2, -0.15) is 17.0 Å². The van der Waals surface area contributed by atoms with Crippen molar-refractivity contribution < 1.29 is 9.53 Å². The molecule has 1 amide bonds. The Morgan fingerprint density at radius 1 is 1.59 bits per heavy atom. The first-order chi connectivity index (χ1) is 8.14. The minimum Gasteiger partial charge on any atom is -0.381 e. The Bertz CT molecular complexity index is 295. The van der Waals surface area contributed by atoms with E-state index in [0.717, 1.165) is 6.42 Å². The maximum atomic E-state index is 12.0. The van der Waals surface area contributed by atoms with Crippen LogP contribution in [0.1, 0.15) is 26.2 Å². The summed E-state index contributed by atoms with van der Waals surface area (Å²) >= 11 is 1.78. The normalized spacial score (nSPS) is 20.3. The van der Waals surface area contributed by atoms with Gasteiger partial charge in [-0.05, 0) is 25.5 Å². The number of rotatable bonds is 5. The number of amides is 1. The van der Waals surface area contributed by atoms with Crippen LogP contribution in [0.3, 0.4) is 0 Å². The summed E-state index contributed by atoms with van der Waals surface area (Å²) in [6.45, 7) is 3.78. The minimum atomic E-state index is -0.860. The second kappa shape index (κ2) is 6.87. The molecule has 17 heavy (non-hydrogen) atoms. The van der Waals surface area contributed by atoms with Gasteiger partial charge in [0.2, 0.25) is 5.91 Å². The lowest BCUT2D eigenvalue weighted by Crippen LogP contribution is -2.44. The molecule has 4 nitrogen and oxygen atoms in total. The summed E-state index contributed by atoms with van der Waals surface area (Å²) in [5.41, 5.74) is -0.860. The Balaban J connectivity index is 2.42. The Kier molecular flexibility index (Phi) is 5.79. The van der Waals surface area contributed by atoms with Gasteiger partial charge in [0.15, 0.2) is 0 Å². The number of carbonyl (C=O) groups excluding carboxylic acids is 1. The van der Waals surface area contributed by atoms with E-state index in [1.54, 1.807) is 11.8 Å². The molecule has 1 rings (SSSR count). The van der Waals surface area contributed by atoms with Gasteiger partial charge < -0.3 is 10.1 Å². The van der Waals surface area contributed by atoms with Crippen molar-refractivity contribution in [2.45, 2.75) is 31.4 Å². The van der Waals surface area contributed by atoms with E-state index in [0.29, 0.717) is 37.9 Å². The molecule has 1 aliphatic rings. The molecule has 0 aromatic carbocycles. The molecule has 96 valence electrons. The third kappa shape index (κ3) is 3.90. The molecule has 1 N–H and O–H groups in total. The maximum Gasteiger partial charge on any atom is 0.240 e. The molecular weight excluding hydrogens is 236 g/mol. The average Bonchev–Trinajstić information content (AvgIpc) is 2.39. The van der Waals surface area contributed by atoms with Crippen molar-refractivity contribution in [1.82, 2.24) is 5.32 Å². The molecule has 0 aromatic rings. The lowest BCUT2D eigenvalue weighted by molar-refractivity contribution is -0.132. The smallest absolute Gasteiger partial charge is 0.240 e. The first-order valence-electron chi connectivity index (χ1n) is 5.95. The van der Waals surface area contributed by atoms with Gasteiger partial charge in [0.1, 0.15) is 5.41 Å². The highest BCUT2D eigenvalue weighted by molar-refractivity contribution is 7.99. The van der Waals surface area contributed by atoms with Gasteiger partial charge >= 0.3 is 0 Å². The molecular formula is C12H20N2O2S. The number of carbonyl (C=O) groups is 1. The summed E-state index contributed by atoms with van der Waals surface area (Å²) in [4.78, 5) is 12.0. The van der Waals surface area contributed by atoms with Crippen molar-refractivity contribution in [3.63, 3.8) is 0 Å². The van der Waals surface area contributed by atoms with Crippen LogP contribution in [0.5, 0.6) is 0 Å². The number of ether oxygens (including phenoxy) is 1. The van der Waals surface area contributed by atoms with Crippen molar-refractivity contribution in [1.29, 1.82) is 5.26 Å². The van der Waals surface area contributed by atoms with Crippen LogP contribution in [0.15, 0.2) is 0 Å². The van der Waals surface area contributed by atoms with Crippen molar-refractivity contribution >= 4 is 17.7 Å². The first kappa shape index (κ1) is 14.3. The Hall–Kier alpha value is -0.730. The molecule has 1 unspecified atom stereocenters. The number of nitrogens with one attached hydrogen (secondary N) is 1. The lowest BCUT2D eigenvalue weighted by Gasteiger charge is -2.29. The zero-order valence-corrected chi connectivity index (χ0v) is 11.3. The van der Waals surface area contributed by atoms with Crippen molar-refractivity contribution in [2.75, 3.05) is 26.0 Å². The summed E-state index contributed by atoms with van der Waals surface area (Å²) in [6.07, 6.45) is 4.01. The number of thioether (sulfide) groups is 1. The largest absolute Gasteiger partial charge is 0.381 e. The van der Waals surface area contributed by atoms with Crippen LogP contribution in [0.2, 0.25) is 0 Å². The van der Waals surface area contributed by atoms with E-state index >= 15 is 0 Å². The lowest BCUT2D eigenvalue weighted by atomic mass is 9.81. The summed E-state index contributed by atoms with van der Waals surface area (Å²) in [6, 6.07) is 2.17. The second-order valence-electron chi connectivity index (χ2n) is 4.40. The van der Waals surface area contributed by atoms with E-state index in [2.05, 4.69) is 24.6 Å². The van der Waals surface area contributed by atoms with Gasteiger partial charge in [0.25, 0.3) is 0 Å².